The first-order valence-electron chi connectivity index (χ1n) is 4.93. The van der Waals surface area contributed by atoms with Crippen molar-refractivity contribution in [3.8, 4) is 0 Å². The summed E-state index contributed by atoms with van der Waals surface area (Å²) < 4.78 is 0. The van der Waals surface area contributed by atoms with Gasteiger partial charge in [0.25, 0.3) is 0 Å². The van der Waals surface area contributed by atoms with Gasteiger partial charge in [0.2, 0.25) is 6.08 Å². The molecular weight excluding hydrogens is 186 g/mol. The van der Waals surface area contributed by atoms with Crippen molar-refractivity contribution < 1.29 is 4.79 Å². The Kier molecular flexibility index (Phi) is 5.58. The molecule has 2 nitrogen and oxygen atoms in total. The summed E-state index contributed by atoms with van der Waals surface area (Å²) in [6.45, 7) is 10.5. The van der Waals surface area contributed by atoms with Crippen LogP contribution in [0.5, 0.6) is 0 Å². The minimum Gasteiger partial charge on any atom is -0.211 e. The molecule has 0 radical (unpaired) electrons. The fourth-order valence-electron chi connectivity index (χ4n) is 1.33. The van der Waals surface area contributed by atoms with Crippen LogP contribution >= 0.6 is 0 Å². The molecule has 1 rings (SSSR count). The van der Waals surface area contributed by atoms with Crippen LogP contribution in [0.1, 0.15) is 27.2 Å². The molecular formula is C13H19NO. The van der Waals surface area contributed by atoms with E-state index in [9.17, 15) is 0 Å². The van der Waals surface area contributed by atoms with E-state index in [1.54, 1.807) is 0 Å². The van der Waals surface area contributed by atoms with Crippen molar-refractivity contribution in [1.29, 1.82) is 0 Å². The molecule has 15 heavy (non-hydrogen) atoms. The summed E-state index contributed by atoms with van der Waals surface area (Å²) >= 11 is 0. The van der Waals surface area contributed by atoms with Crippen LogP contribution in [0.2, 0.25) is 0 Å². The number of isocyanates is 1. The minimum absolute atomic E-state index is 0.322. The summed E-state index contributed by atoms with van der Waals surface area (Å²) in [6, 6.07) is 0. The molecule has 0 amide bonds. The molecule has 2 heteroatoms. The van der Waals surface area contributed by atoms with Crippen LogP contribution in [0.4, 0.5) is 0 Å². The number of aliphatic imine (C=N–C) groups is 1. The number of allylic oxidation sites excluding steroid dienone is 5. The molecule has 82 valence electrons. The zero-order valence-electron chi connectivity index (χ0n) is 10.0. The molecule has 0 aromatic rings. The van der Waals surface area contributed by atoms with Crippen LogP contribution in [0.3, 0.4) is 0 Å². The van der Waals surface area contributed by atoms with Gasteiger partial charge in [0.15, 0.2) is 0 Å². The third kappa shape index (κ3) is 5.82. The van der Waals surface area contributed by atoms with Crippen LogP contribution in [-0.2, 0) is 4.79 Å². The van der Waals surface area contributed by atoms with Gasteiger partial charge in [-0.25, -0.2) is 9.79 Å². The highest BCUT2D eigenvalue weighted by atomic mass is 16.1. The van der Waals surface area contributed by atoms with Crippen molar-refractivity contribution >= 4 is 6.08 Å². The topological polar surface area (TPSA) is 29.4 Å². The highest BCUT2D eigenvalue weighted by Gasteiger charge is 2.18. The summed E-state index contributed by atoms with van der Waals surface area (Å²) in [5.74, 6) is 0. The second kappa shape index (κ2) is 6.15. The van der Waals surface area contributed by atoms with E-state index in [0.717, 1.165) is 6.42 Å². The lowest BCUT2D eigenvalue weighted by atomic mass is 9.80. The number of hydrogen-bond acceptors (Lipinski definition) is 2. The maximum atomic E-state index is 8.88. The van der Waals surface area contributed by atoms with E-state index in [0.29, 0.717) is 5.41 Å². The average molecular weight is 205 g/mol. The van der Waals surface area contributed by atoms with Gasteiger partial charge in [-0.15, -0.1) is 0 Å². The van der Waals surface area contributed by atoms with Gasteiger partial charge in [0, 0.05) is 7.05 Å². The number of carbonyl (C=O) groups excluding carboxylic acids is 1. The van der Waals surface area contributed by atoms with E-state index in [2.05, 4.69) is 50.6 Å². The standard InChI is InChI=1S/C11H16.C2H3NO/c1-9(2)10-6-5-7-11(3,4)8-10;1-3-2-4/h5-7H,1,8H2,2-4H3;1H3. The smallest absolute Gasteiger partial charge is 0.211 e. The second-order valence-corrected chi connectivity index (χ2v) is 4.31. The molecule has 0 spiro atoms. The van der Waals surface area contributed by atoms with E-state index in [4.69, 9.17) is 4.79 Å². The predicted octanol–water partition coefficient (Wildman–Crippen LogP) is 3.43. The van der Waals surface area contributed by atoms with Crippen LogP contribution in [0, 0.1) is 5.41 Å². The average Bonchev–Trinajstić information content (AvgIpc) is 2.16. The van der Waals surface area contributed by atoms with Crippen molar-refractivity contribution in [1.82, 2.24) is 0 Å². The van der Waals surface area contributed by atoms with Crippen LogP contribution in [0.25, 0.3) is 0 Å². The number of hydrogen-bond donors (Lipinski definition) is 0. The maximum Gasteiger partial charge on any atom is 0.234 e. The summed E-state index contributed by atoms with van der Waals surface area (Å²) in [4.78, 5) is 11.8. The zero-order chi connectivity index (χ0) is 11.9. The van der Waals surface area contributed by atoms with Gasteiger partial charge in [0.1, 0.15) is 0 Å². The Morgan fingerprint density at radius 2 is 2.13 bits per heavy atom. The first-order valence-corrected chi connectivity index (χ1v) is 4.93. The molecule has 0 aliphatic heterocycles. The number of rotatable bonds is 1. The number of nitrogens with zero attached hydrogens (tertiary/aromatic N) is 1. The maximum absolute atomic E-state index is 8.88. The lowest BCUT2D eigenvalue weighted by Gasteiger charge is -2.25. The Labute approximate surface area is 92.1 Å². The molecule has 1 aliphatic rings. The van der Waals surface area contributed by atoms with E-state index < -0.39 is 0 Å². The third-order valence-electron chi connectivity index (χ3n) is 2.13. The fourth-order valence-corrected chi connectivity index (χ4v) is 1.33. The van der Waals surface area contributed by atoms with E-state index in [1.807, 2.05) is 0 Å². The summed E-state index contributed by atoms with van der Waals surface area (Å²) in [5, 5.41) is 0. The Morgan fingerprint density at radius 3 is 2.40 bits per heavy atom. The fraction of sp³-hybridized carbons (Fsp3) is 0.462. The SMILES string of the molecule is C=C(C)C1=CC=CC(C)(C)C1.CN=C=O. The van der Waals surface area contributed by atoms with Crippen LogP contribution < -0.4 is 0 Å². The van der Waals surface area contributed by atoms with E-state index in [1.165, 1.54) is 24.3 Å². The molecule has 0 saturated carbocycles. The van der Waals surface area contributed by atoms with Crippen molar-refractivity contribution in [2.45, 2.75) is 27.2 Å². The van der Waals surface area contributed by atoms with Gasteiger partial charge in [0.05, 0.1) is 0 Å². The third-order valence-corrected chi connectivity index (χ3v) is 2.13. The van der Waals surface area contributed by atoms with E-state index in [-0.39, 0.29) is 0 Å². The second-order valence-electron chi connectivity index (χ2n) is 4.31. The zero-order valence-corrected chi connectivity index (χ0v) is 10.0. The van der Waals surface area contributed by atoms with Crippen molar-refractivity contribution in [2.75, 3.05) is 7.05 Å². The molecule has 0 saturated heterocycles. The molecule has 0 aromatic heterocycles. The van der Waals surface area contributed by atoms with Crippen molar-refractivity contribution in [3.05, 3.63) is 36.0 Å². The van der Waals surface area contributed by atoms with Crippen LogP contribution in [0.15, 0.2) is 40.9 Å². The lowest BCUT2D eigenvalue weighted by molar-refractivity contribution is 0.472. The van der Waals surface area contributed by atoms with E-state index >= 15 is 0 Å². The van der Waals surface area contributed by atoms with Gasteiger partial charge in [-0.05, 0) is 24.3 Å². The molecule has 1 aliphatic carbocycles. The molecule has 0 aromatic carbocycles. The molecule has 0 N–H and O–H groups in total. The molecule has 0 bridgehead atoms. The Bertz CT molecular complexity index is 328. The van der Waals surface area contributed by atoms with Gasteiger partial charge in [-0.1, -0.05) is 44.2 Å². The normalized spacial score (nSPS) is 16.7. The molecule has 0 atom stereocenters. The summed E-state index contributed by atoms with van der Waals surface area (Å²) in [5.41, 5.74) is 2.91. The highest BCUT2D eigenvalue weighted by Crippen LogP contribution is 2.32. The molecule has 0 heterocycles. The molecule has 0 unspecified atom stereocenters. The Balaban J connectivity index is 0.000000423. The first-order chi connectivity index (χ1) is 6.93. The van der Waals surface area contributed by atoms with Gasteiger partial charge in [-0.2, -0.15) is 0 Å². The van der Waals surface area contributed by atoms with Gasteiger partial charge >= 0.3 is 0 Å². The van der Waals surface area contributed by atoms with Gasteiger partial charge < -0.3 is 0 Å². The molecule has 0 fully saturated rings. The van der Waals surface area contributed by atoms with Crippen LogP contribution in [-0.4, -0.2) is 13.1 Å². The Morgan fingerprint density at radius 1 is 1.60 bits per heavy atom. The first kappa shape index (κ1) is 13.6. The Hall–Kier alpha value is -1.40. The summed E-state index contributed by atoms with van der Waals surface area (Å²) in [6.07, 6.45) is 8.97. The largest absolute Gasteiger partial charge is 0.234 e. The van der Waals surface area contributed by atoms with Crippen molar-refractivity contribution in [2.24, 2.45) is 10.4 Å². The monoisotopic (exact) mass is 205 g/mol. The lowest BCUT2D eigenvalue weighted by Crippen LogP contribution is -2.11. The van der Waals surface area contributed by atoms with Gasteiger partial charge in [-0.3, -0.25) is 0 Å². The van der Waals surface area contributed by atoms with Crippen molar-refractivity contribution in [3.63, 3.8) is 0 Å². The minimum atomic E-state index is 0.322. The predicted molar refractivity (Wildman–Crippen MR) is 64.5 cm³/mol. The highest BCUT2D eigenvalue weighted by molar-refractivity contribution is 5.35. The summed E-state index contributed by atoms with van der Waals surface area (Å²) in [7, 11) is 1.38. The quantitative estimate of drug-likeness (QED) is 0.476.